The number of hydrogen-bond donors (Lipinski definition) is 2. The Kier molecular flexibility index (Phi) is 5.54. The second-order valence-electron chi connectivity index (χ2n) is 8.52. The van der Waals surface area contributed by atoms with E-state index in [2.05, 4.69) is 20.6 Å². The first-order chi connectivity index (χ1) is 15.9. The Balaban J connectivity index is 1.57. The van der Waals surface area contributed by atoms with E-state index in [0.29, 0.717) is 41.1 Å². The number of halogens is 3. The van der Waals surface area contributed by atoms with Crippen molar-refractivity contribution in [2.45, 2.75) is 19.3 Å². The number of anilines is 3. The molecule has 3 heterocycles. The van der Waals surface area contributed by atoms with Gasteiger partial charge in [0.2, 0.25) is 5.91 Å². The molecule has 2 aromatic carbocycles. The van der Waals surface area contributed by atoms with Crippen molar-refractivity contribution >= 4 is 45.6 Å². The quantitative estimate of drug-likeness (QED) is 0.546. The molecule has 2 saturated heterocycles. The fraction of sp³-hybridized carbons (Fsp3) is 0.348. The van der Waals surface area contributed by atoms with Gasteiger partial charge < -0.3 is 20.3 Å². The zero-order valence-corrected chi connectivity index (χ0v) is 18.7. The maximum Gasteiger partial charge on any atom is 0.227 e. The normalized spacial score (nSPS) is 17.7. The average molecular weight is 474 g/mol. The maximum absolute atomic E-state index is 14.5. The van der Waals surface area contributed by atoms with Crippen LogP contribution in [-0.4, -0.2) is 42.6 Å². The zero-order valence-electron chi connectivity index (χ0n) is 17.9. The minimum absolute atomic E-state index is 0.0234. The molecule has 5 rings (SSSR count). The van der Waals surface area contributed by atoms with Gasteiger partial charge in [-0.25, -0.2) is 18.7 Å². The molecule has 172 valence electrons. The number of piperidine rings is 1. The lowest BCUT2D eigenvalue weighted by molar-refractivity contribution is -0.117. The highest BCUT2D eigenvalue weighted by Crippen LogP contribution is 2.45. The largest absolute Gasteiger partial charge is 0.494 e. The van der Waals surface area contributed by atoms with E-state index in [0.717, 1.165) is 32.0 Å². The summed E-state index contributed by atoms with van der Waals surface area (Å²) < 4.78 is 33.6. The number of fused-ring (bicyclic) bond motifs is 1. The lowest BCUT2D eigenvalue weighted by atomic mass is 9.78. The topological polar surface area (TPSA) is 79.4 Å². The number of nitrogens with one attached hydrogen (secondary N) is 2. The minimum atomic E-state index is -0.917. The van der Waals surface area contributed by atoms with Gasteiger partial charge in [-0.05, 0) is 49.5 Å². The first-order valence-corrected chi connectivity index (χ1v) is 11.0. The summed E-state index contributed by atoms with van der Waals surface area (Å²) in [6.45, 7) is 2.39. The monoisotopic (exact) mass is 473 g/mol. The Morgan fingerprint density at radius 3 is 2.76 bits per heavy atom. The highest BCUT2D eigenvalue weighted by atomic mass is 35.5. The van der Waals surface area contributed by atoms with Crippen LogP contribution in [0.15, 0.2) is 30.6 Å². The lowest BCUT2D eigenvalue weighted by Gasteiger charge is -2.33. The third kappa shape index (κ3) is 3.85. The van der Waals surface area contributed by atoms with Crippen molar-refractivity contribution in [2.24, 2.45) is 5.41 Å². The highest BCUT2D eigenvalue weighted by molar-refractivity contribution is 6.31. The Bertz CT molecular complexity index is 1250. The Labute approximate surface area is 194 Å². The molecule has 1 spiro atoms. The van der Waals surface area contributed by atoms with E-state index in [1.54, 1.807) is 24.1 Å². The van der Waals surface area contributed by atoms with E-state index in [1.807, 2.05) is 0 Å². The number of hydrogen-bond acceptors (Lipinski definition) is 6. The first kappa shape index (κ1) is 21.8. The summed E-state index contributed by atoms with van der Waals surface area (Å²) in [5.41, 5.74) is 1.08. The molecule has 0 atom stereocenters. The SMILES string of the molecule is COc1cc2ncnc(Nc3ccc(F)c(Cl)c3F)c2cc1N1CC2(CCNCC2)CC1=O. The van der Waals surface area contributed by atoms with E-state index in [4.69, 9.17) is 16.3 Å². The highest BCUT2D eigenvalue weighted by Gasteiger charge is 2.44. The number of rotatable bonds is 4. The van der Waals surface area contributed by atoms with Gasteiger partial charge in [-0.15, -0.1) is 0 Å². The van der Waals surface area contributed by atoms with Gasteiger partial charge in [-0.3, -0.25) is 4.79 Å². The lowest BCUT2D eigenvalue weighted by Crippen LogP contribution is -2.38. The van der Waals surface area contributed by atoms with E-state index < -0.39 is 16.7 Å². The molecule has 10 heteroatoms. The van der Waals surface area contributed by atoms with Crippen molar-refractivity contribution in [3.63, 3.8) is 0 Å². The van der Waals surface area contributed by atoms with E-state index in [1.165, 1.54) is 12.4 Å². The molecule has 2 N–H and O–H groups in total. The van der Waals surface area contributed by atoms with E-state index in [-0.39, 0.29) is 17.0 Å². The van der Waals surface area contributed by atoms with Crippen LogP contribution in [0.2, 0.25) is 5.02 Å². The van der Waals surface area contributed by atoms with Crippen LogP contribution in [0.3, 0.4) is 0 Å². The molecule has 0 radical (unpaired) electrons. The molecule has 3 aromatic rings. The van der Waals surface area contributed by atoms with Gasteiger partial charge in [0.25, 0.3) is 0 Å². The number of methoxy groups -OCH3 is 1. The summed E-state index contributed by atoms with van der Waals surface area (Å²) in [5, 5.41) is 6.19. The number of carbonyl (C=O) groups is 1. The number of benzene rings is 2. The molecule has 0 aliphatic carbocycles. The molecule has 33 heavy (non-hydrogen) atoms. The fourth-order valence-electron chi connectivity index (χ4n) is 4.70. The summed E-state index contributed by atoms with van der Waals surface area (Å²) in [6.07, 6.45) is 3.70. The van der Waals surface area contributed by atoms with Crippen molar-refractivity contribution in [1.29, 1.82) is 0 Å². The Morgan fingerprint density at radius 1 is 1.21 bits per heavy atom. The molecule has 2 fully saturated rings. The van der Waals surface area contributed by atoms with Crippen LogP contribution >= 0.6 is 11.6 Å². The van der Waals surface area contributed by atoms with Crippen molar-refractivity contribution in [3.05, 3.63) is 47.2 Å². The molecule has 0 unspecified atom stereocenters. The fourth-order valence-corrected chi connectivity index (χ4v) is 4.87. The molecule has 0 bridgehead atoms. The third-order valence-corrected chi connectivity index (χ3v) is 6.85. The second kappa shape index (κ2) is 8.39. The molecule has 1 aromatic heterocycles. The summed E-state index contributed by atoms with van der Waals surface area (Å²) in [6, 6.07) is 5.83. The number of amides is 1. The van der Waals surface area contributed by atoms with Crippen LogP contribution in [0.5, 0.6) is 5.75 Å². The van der Waals surface area contributed by atoms with Gasteiger partial charge in [0.15, 0.2) is 5.82 Å². The predicted octanol–water partition coefficient (Wildman–Crippen LogP) is 4.42. The van der Waals surface area contributed by atoms with Gasteiger partial charge in [-0.1, -0.05) is 11.6 Å². The van der Waals surface area contributed by atoms with Gasteiger partial charge in [0, 0.05) is 24.4 Å². The Morgan fingerprint density at radius 2 is 2.00 bits per heavy atom. The summed E-state index contributed by atoms with van der Waals surface area (Å²) in [7, 11) is 1.54. The van der Waals surface area contributed by atoms with Crippen LogP contribution < -0.4 is 20.3 Å². The molecule has 2 aliphatic heterocycles. The van der Waals surface area contributed by atoms with Crippen LogP contribution in [0, 0.1) is 17.0 Å². The number of carbonyl (C=O) groups excluding carboxylic acids is 1. The smallest absolute Gasteiger partial charge is 0.227 e. The molecular formula is C23H22ClF2N5O2. The van der Waals surface area contributed by atoms with E-state index >= 15 is 0 Å². The number of aromatic nitrogens is 2. The number of ether oxygens (including phenoxy) is 1. The summed E-state index contributed by atoms with van der Waals surface area (Å²) in [5.74, 6) is -0.910. The number of nitrogens with zero attached hydrogens (tertiary/aromatic N) is 3. The summed E-state index contributed by atoms with van der Waals surface area (Å²) in [4.78, 5) is 23.3. The molecular weight excluding hydrogens is 452 g/mol. The molecule has 2 aliphatic rings. The zero-order chi connectivity index (χ0) is 23.2. The maximum atomic E-state index is 14.5. The minimum Gasteiger partial charge on any atom is -0.494 e. The first-order valence-electron chi connectivity index (χ1n) is 10.7. The van der Waals surface area contributed by atoms with Crippen molar-refractivity contribution in [3.8, 4) is 5.75 Å². The summed E-state index contributed by atoms with van der Waals surface area (Å²) >= 11 is 5.72. The molecule has 7 nitrogen and oxygen atoms in total. The van der Waals surface area contributed by atoms with Crippen molar-refractivity contribution in [1.82, 2.24) is 15.3 Å². The van der Waals surface area contributed by atoms with Gasteiger partial charge in [0.1, 0.15) is 28.7 Å². The average Bonchev–Trinajstić information content (AvgIpc) is 3.14. The standard InChI is InChI=1S/C23H22ClF2N5O2/c1-33-18-9-16-13(8-17(18)31-11-23(10-19(31)32)4-6-27-7-5-23)22(29-12-28-16)30-15-3-2-14(25)20(24)21(15)26/h2-3,8-9,12,27H,4-7,10-11H2,1H3,(H,28,29,30). The third-order valence-electron chi connectivity index (χ3n) is 6.50. The van der Waals surface area contributed by atoms with Gasteiger partial charge in [-0.2, -0.15) is 0 Å². The van der Waals surface area contributed by atoms with E-state index in [9.17, 15) is 13.6 Å². The molecule has 0 saturated carbocycles. The van der Waals surface area contributed by atoms with Gasteiger partial charge in [0.05, 0.1) is 24.0 Å². The van der Waals surface area contributed by atoms with Gasteiger partial charge >= 0.3 is 0 Å². The van der Waals surface area contributed by atoms with Crippen LogP contribution in [0.25, 0.3) is 10.9 Å². The van der Waals surface area contributed by atoms with Crippen LogP contribution in [0.4, 0.5) is 26.0 Å². The van der Waals surface area contributed by atoms with Crippen molar-refractivity contribution < 1.29 is 18.3 Å². The molecule has 1 amide bonds. The van der Waals surface area contributed by atoms with Crippen LogP contribution in [0.1, 0.15) is 19.3 Å². The predicted molar refractivity (Wildman–Crippen MR) is 122 cm³/mol. The van der Waals surface area contributed by atoms with Crippen molar-refractivity contribution in [2.75, 3.05) is 37.0 Å². The Hall–Kier alpha value is -3.04. The van der Waals surface area contributed by atoms with Crippen LogP contribution in [-0.2, 0) is 4.79 Å². The second-order valence-corrected chi connectivity index (χ2v) is 8.90.